The Hall–Kier alpha value is -4.27. The van der Waals surface area contributed by atoms with E-state index in [0.717, 1.165) is 31.4 Å². The molecule has 0 bridgehead atoms. The third-order valence-corrected chi connectivity index (χ3v) is 11.3. The van der Waals surface area contributed by atoms with Crippen molar-refractivity contribution >= 4 is 50.9 Å². The summed E-state index contributed by atoms with van der Waals surface area (Å²) in [6, 6.07) is 16.0. The lowest BCUT2D eigenvalue weighted by atomic mass is 9.87. The Kier molecular flexibility index (Phi) is 13.8. The number of amides is 2. The van der Waals surface area contributed by atoms with Gasteiger partial charge in [-0.15, -0.1) is 11.8 Å². The number of para-hydroxylation sites is 1. The molecule has 0 saturated heterocycles. The van der Waals surface area contributed by atoms with Gasteiger partial charge in [0.1, 0.15) is 28.5 Å². The highest BCUT2D eigenvalue weighted by Gasteiger charge is 2.42. The minimum atomic E-state index is -4.07. The third kappa shape index (κ3) is 9.95. The van der Waals surface area contributed by atoms with Crippen molar-refractivity contribution < 1.29 is 37.8 Å². The van der Waals surface area contributed by atoms with Crippen LogP contribution >= 0.6 is 11.8 Å². The molecule has 0 spiro atoms. The standard InChI is InChI=1S/C37H48N4O8S2/c1-5-8-19-37(20-9-6-2)24-41(26-13-11-10-12-14-26)29-21-31(50-4)30(22-32(29)51(47,48)40-37)49-23-33(43)39-34(25-15-17-27(42)18-16-25)35(44)38-28(7-3)36(45)46/h10-18,21-22,28,34,40,42H,5-9,19-20,23-24H2,1-4H3,(H,38,44)(H,39,43)(H,45,46)/t28?,34-/m1/s1. The van der Waals surface area contributed by atoms with E-state index in [1.807, 2.05) is 36.6 Å². The molecule has 1 aliphatic heterocycles. The van der Waals surface area contributed by atoms with Gasteiger partial charge in [-0.2, -0.15) is 0 Å². The van der Waals surface area contributed by atoms with E-state index in [1.54, 1.807) is 13.0 Å². The maximum atomic E-state index is 14.3. The van der Waals surface area contributed by atoms with Crippen molar-refractivity contribution in [1.82, 2.24) is 15.4 Å². The molecule has 3 aromatic rings. The van der Waals surface area contributed by atoms with Crippen LogP contribution in [0.5, 0.6) is 11.5 Å². The van der Waals surface area contributed by atoms with Crippen LogP contribution in [0.25, 0.3) is 0 Å². The maximum absolute atomic E-state index is 14.3. The second-order valence-electron chi connectivity index (χ2n) is 12.7. The minimum absolute atomic E-state index is 0.0232. The lowest BCUT2D eigenvalue weighted by molar-refractivity contribution is -0.142. The highest BCUT2D eigenvalue weighted by atomic mass is 32.2. The number of thioether (sulfide) groups is 1. The van der Waals surface area contributed by atoms with Crippen molar-refractivity contribution in [3.63, 3.8) is 0 Å². The molecule has 2 atom stereocenters. The molecule has 0 aromatic heterocycles. The molecule has 14 heteroatoms. The van der Waals surface area contributed by atoms with Crippen LogP contribution in [-0.4, -0.2) is 67.4 Å². The number of nitrogens with one attached hydrogen (secondary N) is 3. The number of phenols is 1. The van der Waals surface area contributed by atoms with Crippen molar-refractivity contribution in [3.05, 3.63) is 72.3 Å². The smallest absolute Gasteiger partial charge is 0.326 e. The predicted octanol–water partition coefficient (Wildman–Crippen LogP) is 5.88. The molecule has 12 nitrogen and oxygen atoms in total. The fraction of sp³-hybridized carbons (Fsp3) is 0.432. The molecule has 0 radical (unpaired) electrons. The molecule has 0 fully saturated rings. The first-order valence-electron chi connectivity index (χ1n) is 17.2. The number of aliphatic carboxylic acids is 1. The van der Waals surface area contributed by atoms with Gasteiger partial charge in [0, 0.05) is 18.3 Å². The fourth-order valence-corrected chi connectivity index (χ4v) is 8.35. The van der Waals surface area contributed by atoms with E-state index in [4.69, 9.17) is 4.74 Å². The Labute approximate surface area is 304 Å². The monoisotopic (exact) mass is 740 g/mol. The topological polar surface area (TPSA) is 174 Å². The molecule has 2 amide bonds. The molecule has 4 rings (SSSR count). The average molecular weight is 741 g/mol. The summed E-state index contributed by atoms with van der Waals surface area (Å²) in [4.78, 5) is 40.8. The second-order valence-corrected chi connectivity index (χ2v) is 15.2. The average Bonchev–Trinajstić information content (AvgIpc) is 3.21. The van der Waals surface area contributed by atoms with E-state index >= 15 is 0 Å². The van der Waals surface area contributed by atoms with Gasteiger partial charge in [0.15, 0.2) is 6.61 Å². The molecule has 1 aliphatic rings. The zero-order valence-corrected chi connectivity index (χ0v) is 31.1. The summed E-state index contributed by atoms with van der Waals surface area (Å²) in [5, 5.41) is 24.3. The van der Waals surface area contributed by atoms with Crippen LogP contribution in [0, 0.1) is 0 Å². The number of rotatable bonds is 17. The SMILES string of the molecule is CCCCC1(CCCC)CN(c2ccccc2)c2cc(SC)c(OCC(=O)N[C@@H](C(=O)NC(CC)C(=O)O)c3ccc(O)cc3)cc2S(=O)(=O)N1. The third-order valence-electron chi connectivity index (χ3n) is 8.90. The Morgan fingerprint density at radius 3 is 2.20 bits per heavy atom. The Bertz CT molecular complexity index is 1760. The summed E-state index contributed by atoms with van der Waals surface area (Å²) in [6.07, 6.45) is 6.81. The molecule has 51 heavy (non-hydrogen) atoms. The molecular formula is C37H48N4O8S2. The Balaban J connectivity index is 1.68. The van der Waals surface area contributed by atoms with Gasteiger partial charge in [-0.3, -0.25) is 9.59 Å². The minimum Gasteiger partial charge on any atom is -0.508 e. The molecule has 1 unspecified atom stereocenters. The predicted molar refractivity (Wildman–Crippen MR) is 198 cm³/mol. The molecule has 1 heterocycles. The van der Waals surface area contributed by atoms with Crippen LogP contribution < -0.4 is 25.0 Å². The number of unbranched alkanes of at least 4 members (excludes halogenated alkanes) is 2. The van der Waals surface area contributed by atoms with Crippen molar-refractivity contribution in [2.45, 2.75) is 93.1 Å². The van der Waals surface area contributed by atoms with Crippen LogP contribution in [0.15, 0.2) is 76.5 Å². The number of carbonyl (C=O) groups is 3. The molecule has 5 N–H and O–H groups in total. The van der Waals surface area contributed by atoms with E-state index < -0.39 is 52.0 Å². The molecule has 0 saturated carbocycles. The molecule has 0 aliphatic carbocycles. The van der Waals surface area contributed by atoms with Gasteiger partial charge in [0.2, 0.25) is 15.9 Å². The molecule has 3 aromatic carbocycles. The number of anilines is 2. The van der Waals surface area contributed by atoms with Crippen molar-refractivity contribution in [2.75, 3.05) is 24.3 Å². The van der Waals surface area contributed by atoms with Crippen LogP contribution in [0.2, 0.25) is 0 Å². The first kappa shape index (κ1) is 39.5. The van der Waals surface area contributed by atoms with Gasteiger partial charge in [0.05, 0.1) is 16.1 Å². The van der Waals surface area contributed by atoms with Crippen LogP contribution in [0.3, 0.4) is 0 Å². The summed E-state index contributed by atoms with van der Waals surface area (Å²) in [6.45, 7) is 5.64. The van der Waals surface area contributed by atoms with E-state index in [-0.39, 0.29) is 22.8 Å². The van der Waals surface area contributed by atoms with E-state index in [1.165, 1.54) is 42.1 Å². The number of carboxylic acid groups (broad SMARTS) is 1. The zero-order valence-electron chi connectivity index (χ0n) is 29.5. The molecule has 276 valence electrons. The summed E-state index contributed by atoms with van der Waals surface area (Å²) in [5.41, 5.74) is 0.933. The fourth-order valence-electron chi connectivity index (χ4n) is 6.15. The number of hydrogen-bond acceptors (Lipinski definition) is 9. The number of hydrogen-bond donors (Lipinski definition) is 5. The summed E-state index contributed by atoms with van der Waals surface area (Å²) in [5.74, 6) is -2.57. The number of aromatic hydroxyl groups is 1. The van der Waals surface area contributed by atoms with E-state index in [0.29, 0.717) is 35.5 Å². The first-order chi connectivity index (χ1) is 24.4. The van der Waals surface area contributed by atoms with Crippen LogP contribution in [0.4, 0.5) is 11.4 Å². The van der Waals surface area contributed by atoms with Crippen molar-refractivity contribution in [1.29, 1.82) is 0 Å². The van der Waals surface area contributed by atoms with Crippen molar-refractivity contribution in [2.24, 2.45) is 0 Å². The normalized spacial score (nSPS) is 15.9. The lowest BCUT2D eigenvalue weighted by Gasteiger charge is -2.37. The van der Waals surface area contributed by atoms with Gasteiger partial charge in [-0.25, -0.2) is 17.9 Å². The number of nitrogens with zero attached hydrogens (tertiary/aromatic N) is 1. The van der Waals surface area contributed by atoms with E-state index in [2.05, 4.69) is 34.1 Å². The first-order valence-corrected chi connectivity index (χ1v) is 19.9. The van der Waals surface area contributed by atoms with Gasteiger partial charge in [-0.1, -0.05) is 76.8 Å². The highest BCUT2D eigenvalue weighted by molar-refractivity contribution is 7.98. The van der Waals surface area contributed by atoms with Gasteiger partial charge in [0.25, 0.3) is 5.91 Å². The lowest BCUT2D eigenvalue weighted by Crippen LogP contribution is -2.53. The highest BCUT2D eigenvalue weighted by Crippen LogP contribution is 2.44. The van der Waals surface area contributed by atoms with Gasteiger partial charge < -0.3 is 30.5 Å². The maximum Gasteiger partial charge on any atom is 0.326 e. The van der Waals surface area contributed by atoms with Crippen LogP contribution in [0.1, 0.15) is 77.3 Å². The number of sulfonamides is 1. The second kappa shape index (κ2) is 17.8. The largest absolute Gasteiger partial charge is 0.508 e. The number of carboxylic acids is 1. The zero-order chi connectivity index (χ0) is 37.2. The summed E-state index contributed by atoms with van der Waals surface area (Å²) >= 11 is 1.34. The van der Waals surface area contributed by atoms with Crippen molar-refractivity contribution in [3.8, 4) is 11.5 Å². The number of carbonyl (C=O) groups excluding carboxylic acids is 2. The van der Waals surface area contributed by atoms with Crippen LogP contribution in [-0.2, 0) is 24.4 Å². The quantitative estimate of drug-likeness (QED) is 0.105. The number of ether oxygens (including phenoxy) is 1. The number of fused-ring (bicyclic) bond motifs is 1. The Morgan fingerprint density at radius 2 is 1.63 bits per heavy atom. The van der Waals surface area contributed by atoms with Gasteiger partial charge >= 0.3 is 5.97 Å². The van der Waals surface area contributed by atoms with Gasteiger partial charge in [-0.05, 0) is 61.4 Å². The summed E-state index contributed by atoms with van der Waals surface area (Å²) < 4.78 is 37.6. The molecular weight excluding hydrogens is 693 g/mol. The number of benzene rings is 3. The number of phenolic OH excluding ortho intramolecular Hbond substituents is 1. The Morgan fingerprint density at radius 1 is 0.980 bits per heavy atom. The van der Waals surface area contributed by atoms with E-state index in [9.17, 15) is 33.0 Å². The summed E-state index contributed by atoms with van der Waals surface area (Å²) in [7, 11) is -4.07.